The third-order valence-corrected chi connectivity index (χ3v) is 15.0. The number of nitriles is 1. The normalized spacial score (nSPS) is 20.2. The summed E-state index contributed by atoms with van der Waals surface area (Å²) in [5.41, 5.74) is 7.78. The first-order chi connectivity index (χ1) is 34.3. The summed E-state index contributed by atoms with van der Waals surface area (Å²) >= 11 is 0. The van der Waals surface area contributed by atoms with Gasteiger partial charge in [-0.1, -0.05) is 76.3 Å². The highest BCUT2D eigenvalue weighted by Crippen LogP contribution is 2.32. The van der Waals surface area contributed by atoms with E-state index in [4.69, 9.17) is 15.2 Å². The van der Waals surface area contributed by atoms with Crippen LogP contribution < -0.4 is 36.5 Å². The first kappa shape index (κ1) is 52.1. The zero-order valence-corrected chi connectivity index (χ0v) is 41.1. The number of benzene rings is 2. The number of nitrogens with one attached hydrogen (secondary N) is 6. The number of nitrogens with two attached hydrogens (primary N) is 1. The topological polar surface area (TPSA) is 267 Å². The van der Waals surface area contributed by atoms with E-state index in [0.29, 0.717) is 73.2 Å². The van der Waals surface area contributed by atoms with Gasteiger partial charge in [0.15, 0.2) is 0 Å². The standard InChI is InChI=1S/C27H36N4O5.C27H34N4O4/c1-36-24-12-6-10-19-18(24)15-22(29-19)27(35)31-21(13-16-7-3-2-4-8-16)26(34)30-20(25(28)33)14-17-9-5-11-23(17)32;1-35-25-12-6-10-21-20(25)15-23(30-21)27(34)31-22(13-17-7-3-2-4-8-17)26(33)29-19(16-28)14-18-9-5-11-24(18)32/h6,10,12,15-17,20-21,29H,2-5,7-9,11,13-14H2,1H3,(H2,28,33)(H,30,34)(H,31,35);6,10,12,15,17-19,22,30H,2-5,7-9,11,13-14H2,1H3,(H,29,33)(H,31,34)/t17-,20-,21-;18-,19-,22-/m00/s1. The highest BCUT2D eigenvalue weighted by Gasteiger charge is 2.35. The van der Waals surface area contributed by atoms with E-state index < -0.39 is 41.9 Å². The lowest BCUT2D eigenvalue weighted by Gasteiger charge is -2.28. The number of hydrogen-bond acceptors (Lipinski definition) is 10. The Kier molecular flexibility index (Phi) is 18.3. The number of ether oxygens (including phenoxy) is 2. The zero-order chi connectivity index (χ0) is 50.4. The molecule has 0 saturated heterocycles. The average molecular weight is 975 g/mol. The number of primary amides is 1. The first-order valence-electron chi connectivity index (χ1n) is 25.6. The van der Waals surface area contributed by atoms with Crippen molar-refractivity contribution in [2.24, 2.45) is 29.4 Å². The number of aromatic nitrogens is 2. The van der Waals surface area contributed by atoms with Crippen LogP contribution in [0.25, 0.3) is 21.8 Å². The molecule has 0 radical (unpaired) electrons. The van der Waals surface area contributed by atoms with Gasteiger partial charge in [-0.3, -0.25) is 33.6 Å². The molecule has 71 heavy (non-hydrogen) atoms. The van der Waals surface area contributed by atoms with Crippen molar-refractivity contribution in [3.63, 3.8) is 0 Å². The Morgan fingerprint density at radius 3 is 1.46 bits per heavy atom. The average Bonchev–Trinajstić information content (AvgIpc) is 4.21. The molecule has 2 aromatic heterocycles. The number of ketones is 2. The van der Waals surface area contributed by atoms with Crippen LogP contribution in [0.15, 0.2) is 48.5 Å². The van der Waals surface area contributed by atoms with E-state index in [0.717, 1.165) is 92.4 Å². The van der Waals surface area contributed by atoms with Gasteiger partial charge in [-0.15, -0.1) is 0 Å². The third-order valence-electron chi connectivity index (χ3n) is 15.0. The lowest BCUT2D eigenvalue weighted by molar-refractivity contribution is -0.130. The van der Waals surface area contributed by atoms with Gasteiger partial charge in [0.25, 0.3) is 11.8 Å². The number of methoxy groups -OCH3 is 2. The Balaban J connectivity index is 0.000000209. The molecule has 380 valence electrons. The molecule has 8 rings (SSSR count). The highest BCUT2D eigenvalue weighted by atomic mass is 16.5. The summed E-state index contributed by atoms with van der Waals surface area (Å²) in [4.78, 5) is 95.5. The summed E-state index contributed by atoms with van der Waals surface area (Å²) in [5.74, 6) is -0.483. The SMILES string of the molecule is COc1cccc2[nH]c(C(=O)N[C@@H](CC3CCCCC3)C(=O)N[C@@H](C[C@@H]3CCCC3=O)C(N)=O)cc12.COc1cccc2[nH]c(C(=O)N[C@@H](CC3CCCCC3)C(=O)N[C@H](C#N)C[C@@H]3CCCC3=O)cc12. The number of aromatic amines is 2. The second kappa shape index (κ2) is 24.9. The molecule has 0 aliphatic heterocycles. The monoisotopic (exact) mass is 975 g/mol. The number of hydrogen-bond donors (Lipinski definition) is 7. The summed E-state index contributed by atoms with van der Waals surface area (Å²) in [6, 6.07) is 13.3. The van der Waals surface area contributed by atoms with Crippen LogP contribution in [0.4, 0.5) is 0 Å². The molecule has 0 bridgehead atoms. The van der Waals surface area contributed by atoms with Crippen LogP contribution in [0.2, 0.25) is 0 Å². The lowest BCUT2D eigenvalue weighted by Crippen LogP contribution is -2.54. The van der Waals surface area contributed by atoms with Gasteiger partial charge in [0.05, 0.1) is 20.3 Å². The molecule has 4 saturated carbocycles. The van der Waals surface area contributed by atoms with Gasteiger partial charge in [0, 0.05) is 46.5 Å². The largest absolute Gasteiger partial charge is 0.496 e. The summed E-state index contributed by atoms with van der Waals surface area (Å²) in [5, 5.41) is 22.5. The lowest BCUT2D eigenvalue weighted by atomic mass is 9.84. The first-order valence-corrected chi connectivity index (χ1v) is 25.6. The molecule has 6 atom stereocenters. The fourth-order valence-electron chi connectivity index (χ4n) is 11.1. The highest BCUT2D eigenvalue weighted by molar-refractivity contribution is 6.03. The van der Waals surface area contributed by atoms with Crippen LogP contribution in [0.3, 0.4) is 0 Å². The van der Waals surface area contributed by atoms with E-state index in [9.17, 15) is 38.8 Å². The fourth-order valence-corrected chi connectivity index (χ4v) is 11.1. The van der Waals surface area contributed by atoms with E-state index in [1.807, 2.05) is 36.4 Å². The van der Waals surface area contributed by atoms with Crippen molar-refractivity contribution in [2.75, 3.05) is 14.2 Å². The van der Waals surface area contributed by atoms with Crippen LogP contribution in [-0.2, 0) is 24.0 Å². The Hall–Kier alpha value is -6.70. The Morgan fingerprint density at radius 1 is 0.606 bits per heavy atom. The number of rotatable bonds is 19. The molecule has 4 aliphatic rings. The van der Waals surface area contributed by atoms with Gasteiger partial charge in [-0.25, -0.2) is 0 Å². The smallest absolute Gasteiger partial charge is 0.268 e. The summed E-state index contributed by atoms with van der Waals surface area (Å²) in [6.45, 7) is 0. The summed E-state index contributed by atoms with van der Waals surface area (Å²) < 4.78 is 10.8. The van der Waals surface area contributed by atoms with E-state index in [1.54, 1.807) is 26.4 Å². The minimum Gasteiger partial charge on any atom is -0.496 e. The molecule has 0 spiro atoms. The maximum atomic E-state index is 13.4. The number of nitrogens with zero attached hydrogens (tertiary/aromatic N) is 1. The van der Waals surface area contributed by atoms with Crippen molar-refractivity contribution in [1.82, 2.24) is 31.2 Å². The fraction of sp³-hybridized carbons (Fsp3) is 0.556. The molecule has 4 aliphatic carbocycles. The van der Waals surface area contributed by atoms with Gasteiger partial charge in [-0.2, -0.15) is 5.26 Å². The predicted molar refractivity (Wildman–Crippen MR) is 267 cm³/mol. The molecule has 2 heterocycles. The number of Topliss-reactive ketones (excluding diaryl/α,β-unsaturated/α-hetero) is 2. The van der Waals surface area contributed by atoms with Crippen molar-refractivity contribution < 1.29 is 43.0 Å². The molecule has 5 amide bonds. The van der Waals surface area contributed by atoms with Crippen molar-refractivity contribution >= 4 is 62.9 Å². The van der Waals surface area contributed by atoms with Crippen LogP contribution in [-0.4, -0.2) is 89.5 Å². The minimum absolute atomic E-state index is 0.108. The van der Waals surface area contributed by atoms with E-state index in [2.05, 4.69) is 37.3 Å². The van der Waals surface area contributed by atoms with Crippen LogP contribution in [0.5, 0.6) is 11.5 Å². The number of amides is 5. The minimum atomic E-state index is -0.951. The van der Waals surface area contributed by atoms with Crippen LogP contribution in [0.1, 0.15) is 149 Å². The summed E-state index contributed by atoms with van der Waals surface area (Å²) in [6.07, 6.45) is 16.6. The molecule has 0 unspecified atom stereocenters. The molecule has 8 N–H and O–H groups in total. The van der Waals surface area contributed by atoms with Crippen molar-refractivity contribution in [3.8, 4) is 17.6 Å². The molecular formula is C54H70N8O9. The van der Waals surface area contributed by atoms with Gasteiger partial charge >= 0.3 is 0 Å². The number of carbonyl (C=O) groups is 7. The van der Waals surface area contributed by atoms with Gasteiger partial charge in [0.2, 0.25) is 17.7 Å². The number of fused-ring (bicyclic) bond motifs is 2. The molecule has 17 nitrogen and oxygen atoms in total. The maximum Gasteiger partial charge on any atom is 0.268 e. The second-order valence-electron chi connectivity index (χ2n) is 20.0. The van der Waals surface area contributed by atoms with E-state index >= 15 is 0 Å². The van der Waals surface area contributed by atoms with Crippen LogP contribution in [0, 0.1) is 35.0 Å². The van der Waals surface area contributed by atoms with Gasteiger partial charge < -0.3 is 46.4 Å². The van der Waals surface area contributed by atoms with Crippen molar-refractivity contribution in [3.05, 3.63) is 59.9 Å². The molecule has 17 heteroatoms. The maximum absolute atomic E-state index is 13.4. The molecule has 4 aromatic rings. The Labute approximate surface area is 414 Å². The Morgan fingerprint density at radius 2 is 1.06 bits per heavy atom. The predicted octanol–water partition coefficient (Wildman–Crippen LogP) is 6.99. The van der Waals surface area contributed by atoms with Crippen molar-refractivity contribution in [2.45, 2.75) is 153 Å². The zero-order valence-electron chi connectivity index (χ0n) is 41.1. The van der Waals surface area contributed by atoms with E-state index in [-0.39, 0.29) is 41.6 Å². The van der Waals surface area contributed by atoms with Crippen LogP contribution >= 0.6 is 0 Å². The molecule has 2 aromatic carbocycles. The second-order valence-corrected chi connectivity index (χ2v) is 20.0. The van der Waals surface area contributed by atoms with Gasteiger partial charge in [0.1, 0.15) is 58.6 Å². The number of carbonyl (C=O) groups excluding carboxylic acids is 7. The number of H-pyrrole nitrogens is 2. The van der Waals surface area contributed by atoms with E-state index in [1.165, 1.54) is 12.8 Å². The Bertz CT molecular complexity index is 2580. The third kappa shape index (κ3) is 13.8. The molecular weight excluding hydrogens is 905 g/mol. The molecule has 4 fully saturated rings. The quantitative estimate of drug-likeness (QED) is 0.0506. The van der Waals surface area contributed by atoms with Gasteiger partial charge in [-0.05, 0) is 99.6 Å². The van der Waals surface area contributed by atoms with Crippen molar-refractivity contribution in [1.29, 1.82) is 5.26 Å². The summed E-state index contributed by atoms with van der Waals surface area (Å²) in [7, 11) is 3.15.